The van der Waals surface area contributed by atoms with Crippen molar-refractivity contribution in [3.05, 3.63) is 11.1 Å². The summed E-state index contributed by atoms with van der Waals surface area (Å²) in [5.41, 5.74) is 0.746. The summed E-state index contributed by atoms with van der Waals surface area (Å²) in [5, 5.41) is 8.69. The Hall–Kier alpha value is -1.47. The predicted molar refractivity (Wildman–Crippen MR) is 94.9 cm³/mol. The maximum Gasteiger partial charge on any atom is 0.228 e. The highest BCUT2D eigenvalue weighted by Gasteiger charge is 2.31. The van der Waals surface area contributed by atoms with Crippen molar-refractivity contribution in [1.29, 1.82) is 0 Å². The fourth-order valence-electron chi connectivity index (χ4n) is 3.43. The number of nitrogens with one attached hydrogen (secondary N) is 2. The molecular weight excluding hydrogens is 324 g/mol. The molecule has 6 nitrogen and oxygen atoms in total. The van der Waals surface area contributed by atoms with Crippen molar-refractivity contribution in [3.63, 3.8) is 0 Å². The van der Waals surface area contributed by atoms with Gasteiger partial charge in [-0.25, -0.2) is 4.98 Å². The monoisotopic (exact) mass is 350 g/mol. The summed E-state index contributed by atoms with van der Waals surface area (Å²) in [7, 11) is 0. The number of fused-ring (bicyclic) bond motifs is 1. The predicted octanol–water partition coefficient (Wildman–Crippen LogP) is 1.74. The molecule has 0 bridgehead atoms. The lowest BCUT2D eigenvalue weighted by Gasteiger charge is -2.20. The van der Waals surface area contributed by atoms with Gasteiger partial charge < -0.3 is 15.5 Å². The Balaban J connectivity index is 1.53. The van der Waals surface area contributed by atoms with Gasteiger partial charge in [-0.3, -0.25) is 9.59 Å². The summed E-state index contributed by atoms with van der Waals surface area (Å²) in [5.74, 6) is 1.47. The summed E-state index contributed by atoms with van der Waals surface area (Å²) in [6.07, 6.45) is 2.51. The number of hydrogen-bond donors (Lipinski definition) is 2. The van der Waals surface area contributed by atoms with E-state index in [1.807, 2.05) is 24.1 Å². The lowest BCUT2D eigenvalue weighted by molar-refractivity contribution is -0.130. The van der Waals surface area contributed by atoms with E-state index in [9.17, 15) is 9.59 Å². The van der Waals surface area contributed by atoms with Crippen LogP contribution >= 0.6 is 11.3 Å². The molecule has 2 N–H and O–H groups in total. The van der Waals surface area contributed by atoms with Gasteiger partial charge in [0, 0.05) is 24.4 Å². The van der Waals surface area contributed by atoms with Crippen LogP contribution in [0.25, 0.3) is 0 Å². The van der Waals surface area contributed by atoms with Crippen molar-refractivity contribution < 1.29 is 9.59 Å². The van der Waals surface area contributed by atoms with Gasteiger partial charge in [0.1, 0.15) is 0 Å². The van der Waals surface area contributed by atoms with Gasteiger partial charge in [0.2, 0.25) is 11.8 Å². The highest BCUT2D eigenvalue weighted by atomic mass is 32.1. The number of carbonyl (C=O) groups excluding carboxylic acids is 2. The minimum Gasteiger partial charge on any atom is -0.342 e. The zero-order chi connectivity index (χ0) is 17.1. The molecule has 2 aliphatic rings. The summed E-state index contributed by atoms with van der Waals surface area (Å²) in [6.45, 7) is 7.58. The normalized spacial score (nSPS) is 23.9. The van der Waals surface area contributed by atoms with E-state index >= 15 is 0 Å². The number of anilines is 1. The van der Waals surface area contributed by atoms with Crippen LogP contribution in [0.3, 0.4) is 0 Å². The van der Waals surface area contributed by atoms with Gasteiger partial charge in [0.05, 0.1) is 12.1 Å². The Kier molecular flexibility index (Phi) is 5.50. The molecular formula is C17H26N4O2S. The number of hydrogen-bond acceptors (Lipinski definition) is 5. The van der Waals surface area contributed by atoms with E-state index in [1.54, 1.807) is 0 Å². The molecule has 3 rings (SSSR count). The summed E-state index contributed by atoms with van der Waals surface area (Å²) in [4.78, 5) is 30.6. The van der Waals surface area contributed by atoms with E-state index in [0.29, 0.717) is 11.6 Å². The Bertz CT molecular complexity index is 587. The van der Waals surface area contributed by atoms with Gasteiger partial charge >= 0.3 is 0 Å². The van der Waals surface area contributed by atoms with Crippen LogP contribution in [0, 0.1) is 17.8 Å². The molecule has 7 heteroatoms. The van der Waals surface area contributed by atoms with Crippen LogP contribution in [0.5, 0.6) is 0 Å². The minimum atomic E-state index is -0.0787. The van der Waals surface area contributed by atoms with Crippen LogP contribution in [0.4, 0.5) is 5.13 Å². The number of nitrogens with zero attached hydrogens (tertiary/aromatic N) is 2. The van der Waals surface area contributed by atoms with E-state index in [0.717, 1.165) is 56.6 Å². The quantitative estimate of drug-likeness (QED) is 0.867. The molecule has 0 radical (unpaired) electrons. The second kappa shape index (κ2) is 7.61. The van der Waals surface area contributed by atoms with Crippen molar-refractivity contribution in [3.8, 4) is 0 Å². The number of amides is 2. The van der Waals surface area contributed by atoms with Crippen LogP contribution in [0.2, 0.25) is 0 Å². The molecule has 2 amide bonds. The fraction of sp³-hybridized carbons (Fsp3) is 0.706. The second-order valence-corrected chi connectivity index (χ2v) is 7.96. The van der Waals surface area contributed by atoms with Crippen LogP contribution in [-0.2, 0) is 16.0 Å². The number of likely N-dealkylation sites (tertiary alicyclic amines) is 1. The van der Waals surface area contributed by atoms with Crippen LogP contribution in [0.1, 0.15) is 32.4 Å². The zero-order valence-corrected chi connectivity index (χ0v) is 15.2. The molecule has 3 heterocycles. The molecule has 132 valence electrons. The van der Waals surface area contributed by atoms with Gasteiger partial charge in [-0.15, -0.1) is 11.3 Å². The molecule has 2 aliphatic heterocycles. The van der Waals surface area contributed by atoms with Gasteiger partial charge in [0.25, 0.3) is 0 Å². The van der Waals surface area contributed by atoms with Crippen molar-refractivity contribution in [2.24, 2.45) is 17.8 Å². The molecule has 24 heavy (non-hydrogen) atoms. The Morgan fingerprint density at radius 2 is 2.00 bits per heavy atom. The van der Waals surface area contributed by atoms with Crippen LogP contribution in [-0.4, -0.2) is 47.9 Å². The first-order chi connectivity index (χ1) is 11.5. The van der Waals surface area contributed by atoms with Crippen LogP contribution in [0.15, 0.2) is 5.38 Å². The Morgan fingerprint density at radius 1 is 1.33 bits per heavy atom. The molecule has 2 fully saturated rings. The number of aromatic nitrogens is 1. The van der Waals surface area contributed by atoms with Gasteiger partial charge in [-0.1, -0.05) is 13.8 Å². The van der Waals surface area contributed by atoms with Crippen LogP contribution < -0.4 is 10.6 Å². The third-order valence-corrected chi connectivity index (χ3v) is 5.82. The van der Waals surface area contributed by atoms with Gasteiger partial charge in [0.15, 0.2) is 5.13 Å². The third-order valence-electron chi connectivity index (χ3n) is 5.01. The smallest absolute Gasteiger partial charge is 0.228 e. The molecule has 2 atom stereocenters. The fourth-order valence-corrected chi connectivity index (χ4v) is 4.14. The summed E-state index contributed by atoms with van der Waals surface area (Å²) >= 11 is 1.38. The number of carbonyl (C=O) groups is 2. The SMILES string of the molecule is CC(C)C(=O)Nc1nc(CC(=O)N2CC[C@@H]3CNC[C@@H]3CC2)cs1. The molecule has 0 aliphatic carbocycles. The molecule has 0 spiro atoms. The van der Waals surface area contributed by atoms with Crippen molar-refractivity contribution in [2.45, 2.75) is 33.1 Å². The average Bonchev–Trinajstić information content (AvgIpc) is 3.12. The van der Waals surface area contributed by atoms with E-state index in [1.165, 1.54) is 11.3 Å². The second-order valence-electron chi connectivity index (χ2n) is 7.10. The average molecular weight is 350 g/mol. The minimum absolute atomic E-state index is 0.0464. The first kappa shape index (κ1) is 17.4. The highest BCUT2D eigenvalue weighted by Crippen LogP contribution is 2.27. The van der Waals surface area contributed by atoms with Crippen molar-refractivity contribution in [1.82, 2.24) is 15.2 Å². The van der Waals surface area contributed by atoms with Crippen molar-refractivity contribution >= 4 is 28.3 Å². The first-order valence-corrected chi connectivity index (χ1v) is 9.64. The summed E-state index contributed by atoms with van der Waals surface area (Å²) < 4.78 is 0. The zero-order valence-electron chi connectivity index (χ0n) is 14.4. The lowest BCUT2D eigenvalue weighted by atomic mass is 9.92. The largest absolute Gasteiger partial charge is 0.342 e. The topological polar surface area (TPSA) is 74.3 Å². The maximum atomic E-state index is 12.6. The van der Waals surface area contributed by atoms with Gasteiger partial charge in [-0.05, 0) is 37.8 Å². The molecule has 1 aromatic heterocycles. The summed E-state index contributed by atoms with van der Waals surface area (Å²) in [6, 6.07) is 0. The standard InChI is InChI=1S/C17H26N4O2S/c1-11(2)16(23)20-17-19-14(10-24-17)7-15(22)21-5-3-12-8-18-9-13(12)4-6-21/h10-13,18H,3-9H2,1-2H3,(H,19,20,23)/t12-,13+. The third kappa shape index (κ3) is 4.13. The van der Waals surface area contributed by atoms with E-state index in [2.05, 4.69) is 15.6 Å². The molecule has 1 aromatic rings. The molecule has 0 unspecified atom stereocenters. The first-order valence-electron chi connectivity index (χ1n) is 8.76. The maximum absolute atomic E-state index is 12.6. The van der Waals surface area contributed by atoms with Gasteiger partial charge in [-0.2, -0.15) is 0 Å². The Labute approximate surface area is 147 Å². The molecule has 2 saturated heterocycles. The number of rotatable bonds is 4. The van der Waals surface area contributed by atoms with Crippen molar-refractivity contribution in [2.75, 3.05) is 31.5 Å². The van der Waals surface area contributed by atoms with E-state index in [4.69, 9.17) is 0 Å². The van der Waals surface area contributed by atoms with E-state index < -0.39 is 0 Å². The Morgan fingerprint density at radius 3 is 2.62 bits per heavy atom. The van der Waals surface area contributed by atoms with E-state index in [-0.39, 0.29) is 17.7 Å². The molecule has 0 saturated carbocycles. The highest BCUT2D eigenvalue weighted by molar-refractivity contribution is 7.13. The number of thiazole rings is 1. The molecule has 0 aromatic carbocycles. The lowest BCUT2D eigenvalue weighted by Crippen LogP contribution is -2.34.